The van der Waals surface area contributed by atoms with Gasteiger partial charge in [-0.3, -0.25) is 0 Å². The van der Waals surface area contributed by atoms with Gasteiger partial charge in [0.05, 0.1) is 0 Å². The third-order valence-corrected chi connectivity index (χ3v) is 4.01. The Morgan fingerprint density at radius 1 is 1.12 bits per heavy atom. The van der Waals surface area contributed by atoms with E-state index in [0.29, 0.717) is 5.56 Å². The molecule has 0 aromatic heterocycles. The van der Waals surface area contributed by atoms with Gasteiger partial charge in [0.25, 0.3) is 0 Å². The lowest BCUT2D eigenvalue weighted by atomic mass is 9.94. The average molecular weight is 235 g/mol. The summed E-state index contributed by atoms with van der Waals surface area (Å²) in [7, 11) is 0. The molecular formula is C15H22FN. The average Bonchev–Trinajstić information content (AvgIpc) is 2.73. The van der Waals surface area contributed by atoms with Gasteiger partial charge in [0.1, 0.15) is 5.82 Å². The fourth-order valence-corrected chi connectivity index (χ4v) is 2.74. The molecule has 1 nitrogen and oxygen atoms in total. The van der Waals surface area contributed by atoms with Crippen molar-refractivity contribution in [1.82, 2.24) is 5.32 Å². The van der Waals surface area contributed by atoms with Gasteiger partial charge < -0.3 is 5.32 Å². The van der Waals surface area contributed by atoms with Crippen LogP contribution in [0.2, 0.25) is 0 Å². The van der Waals surface area contributed by atoms with Crippen LogP contribution in [0.4, 0.5) is 4.39 Å². The highest BCUT2D eigenvalue weighted by atomic mass is 19.1. The zero-order chi connectivity index (χ0) is 12.3. The Morgan fingerprint density at radius 3 is 2.41 bits per heavy atom. The van der Waals surface area contributed by atoms with Gasteiger partial charge in [-0.05, 0) is 50.2 Å². The predicted molar refractivity (Wildman–Crippen MR) is 69.5 cm³/mol. The van der Waals surface area contributed by atoms with Gasteiger partial charge in [0, 0.05) is 12.1 Å². The largest absolute Gasteiger partial charge is 0.311 e. The molecule has 0 amide bonds. The molecule has 1 aromatic rings. The summed E-state index contributed by atoms with van der Waals surface area (Å²) >= 11 is 0. The van der Waals surface area contributed by atoms with E-state index in [4.69, 9.17) is 0 Å². The van der Waals surface area contributed by atoms with Gasteiger partial charge in [-0.1, -0.05) is 25.1 Å². The van der Waals surface area contributed by atoms with Crippen molar-refractivity contribution in [3.8, 4) is 0 Å². The molecule has 0 saturated carbocycles. The van der Waals surface area contributed by atoms with Crippen LogP contribution in [-0.2, 0) is 0 Å². The van der Waals surface area contributed by atoms with Crippen LogP contribution in [0.15, 0.2) is 24.3 Å². The monoisotopic (exact) mass is 235 g/mol. The quantitative estimate of drug-likeness (QED) is 0.723. The van der Waals surface area contributed by atoms with E-state index in [0.717, 1.165) is 18.0 Å². The highest BCUT2D eigenvalue weighted by Gasteiger charge is 2.32. The highest BCUT2D eigenvalue weighted by molar-refractivity contribution is 5.14. The van der Waals surface area contributed by atoms with Crippen molar-refractivity contribution in [3.05, 3.63) is 35.6 Å². The Hall–Kier alpha value is -0.890. The first-order valence-corrected chi connectivity index (χ1v) is 6.64. The van der Waals surface area contributed by atoms with Gasteiger partial charge in [-0.15, -0.1) is 0 Å². The van der Waals surface area contributed by atoms with Crippen LogP contribution in [0, 0.1) is 18.7 Å². The van der Waals surface area contributed by atoms with Crippen LogP contribution in [0.1, 0.15) is 38.2 Å². The minimum absolute atomic E-state index is 0.132. The molecule has 3 unspecified atom stereocenters. The Labute approximate surface area is 103 Å². The summed E-state index contributed by atoms with van der Waals surface area (Å²) in [6.45, 7) is 4.12. The van der Waals surface area contributed by atoms with Gasteiger partial charge >= 0.3 is 0 Å². The van der Waals surface area contributed by atoms with Gasteiger partial charge in [-0.2, -0.15) is 0 Å². The number of aryl methyl sites for hydroxylation is 1. The maximum atomic E-state index is 12.3. The van der Waals surface area contributed by atoms with Crippen molar-refractivity contribution in [2.45, 2.75) is 51.6 Å². The molecular weight excluding hydrogens is 213 g/mol. The molecule has 2 saturated heterocycles. The lowest BCUT2D eigenvalue weighted by Gasteiger charge is -2.26. The number of piperidine rings is 1. The van der Waals surface area contributed by atoms with Crippen molar-refractivity contribution >= 4 is 0 Å². The molecule has 2 bridgehead atoms. The molecule has 0 aliphatic carbocycles. The molecule has 0 radical (unpaired) electrons. The molecule has 3 atom stereocenters. The molecule has 1 aromatic carbocycles. The standard InChI is InChI=1S/C8H15N.C7H7F/c1-6-2-3-7-4-5-8(6)9-7;1-6-4-2-3-5-7(6)8/h6-9H,2-5H2,1H3;2-5H,1H3. The SMILES string of the molecule is CC1CCC2CCC1N2.Cc1ccccc1F. The van der Waals surface area contributed by atoms with E-state index in [9.17, 15) is 4.39 Å². The predicted octanol–water partition coefficient (Wildman–Crippen LogP) is 3.67. The second-order valence-corrected chi connectivity index (χ2v) is 5.35. The molecule has 2 aliphatic rings. The molecule has 17 heavy (non-hydrogen) atoms. The smallest absolute Gasteiger partial charge is 0.126 e. The van der Waals surface area contributed by atoms with Crippen molar-refractivity contribution in [2.24, 2.45) is 5.92 Å². The zero-order valence-corrected chi connectivity index (χ0v) is 10.7. The minimum atomic E-state index is -0.132. The Balaban J connectivity index is 0.000000128. The number of hydrogen-bond donors (Lipinski definition) is 1. The van der Waals surface area contributed by atoms with Gasteiger partial charge in [0.15, 0.2) is 0 Å². The molecule has 2 fully saturated rings. The molecule has 1 N–H and O–H groups in total. The van der Waals surface area contributed by atoms with E-state index in [1.54, 1.807) is 19.1 Å². The number of fused-ring (bicyclic) bond motifs is 2. The van der Waals surface area contributed by atoms with Crippen molar-refractivity contribution < 1.29 is 4.39 Å². The normalized spacial score (nSPS) is 30.6. The Bertz CT molecular complexity index is 343. The number of benzene rings is 1. The second kappa shape index (κ2) is 5.63. The summed E-state index contributed by atoms with van der Waals surface area (Å²) in [4.78, 5) is 0. The summed E-state index contributed by atoms with van der Waals surface area (Å²) < 4.78 is 12.3. The van der Waals surface area contributed by atoms with E-state index in [2.05, 4.69) is 12.2 Å². The summed E-state index contributed by atoms with van der Waals surface area (Å²) in [5.74, 6) is 0.816. The van der Waals surface area contributed by atoms with Crippen LogP contribution >= 0.6 is 0 Å². The lowest BCUT2D eigenvalue weighted by molar-refractivity contribution is 0.311. The van der Waals surface area contributed by atoms with E-state index < -0.39 is 0 Å². The van der Waals surface area contributed by atoms with Crippen LogP contribution < -0.4 is 5.32 Å². The topological polar surface area (TPSA) is 12.0 Å². The first-order chi connectivity index (χ1) is 8.16. The number of nitrogens with one attached hydrogen (secondary N) is 1. The van der Waals surface area contributed by atoms with Crippen molar-refractivity contribution in [2.75, 3.05) is 0 Å². The van der Waals surface area contributed by atoms with E-state index in [1.807, 2.05) is 6.07 Å². The van der Waals surface area contributed by atoms with E-state index in [1.165, 1.54) is 31.7 Å². The Kier molecular flexibility index (Phi) is 4.16. The number of rotatable bonds is 0. The molecule has 0 spiro atoms. The Morgan fingerprint density at radius 2 is 1.82 bits per heavy atom. The molecule has 3 rings (SSSR count). The van der Waals surface area contributed by atoms with E-state index in [-0.39, 0.29) is 5.82 Å². The van der Waals surface area contributed by atoms with Crippen LogP contribution in [-0.4, -0.2) is 12.1 Å². The third kappa shape index (κ3) is 3.29. The first kappa shape index (κ1) is 12.6. The maximum absolute atomic E-state index is 12.3. The highest BCUT2D eigenvalue weighted by Crippen LogP contribution is 2.30. The second-order valence-electron chi connectivity index (χ2n) is 5.35. The summed E-state index contributed by atoms with van der Waals surface area (Å²) in [6, 6.07) is 8.47. The fourth-order valence-electron chi connectivity index (χ4n) is 2.74. The molecule has 2 heterocycles. The summed E-state index contributed by atoms with van der Waals surface area (Å²) in [5.41, 5.74) is 0.701. The van der Waals surface area contributed by atoms with Gasteiger partial charge in [0.2, 0.25) is 0 Å². The summed E-state index contributed by atoms with van der Waals surface area (Å²) in [6.07, 6.45) is 5.76. The van der Waals surface area contributed by atoms with Crippen molar-refractivity contribution in [1.29, 1.82) is 0 Å². The zero-order valence-electron chi connectivity index (χ0n) is 10.7. The van der Waals surface area contributed by atoms with Crippen LogP contribution in [0.3, 0.4) is 0 Å². The summed E-state index contributed by atoms with van der Waals surface area (Å²) in [5, 5.41) is 3.64. The minimum Gasteiger partial charge on any atom is -0.311 e. The van der Waals surface area contributed by atoms with Gasteiger partial charge in [-0.25, -0.2) is 4.39 Å². The van der Waals surface area contributed by atoms with Crippen LogP contribution in [0.5, 0.6) is 0 Å². The molecule has 94 valence electrons. The van der Waals surface area contributed by atoms with Crippen LogP contribution in [0.25, 0.3) is 0 Å². The molecule has 2 aliphatic heterocycles. The number of halogens is 1. The van der Waals surface area contributed by atoms with E-state index >= 15 is 0 Å². The fraction of sp³-hybridized carbons (Fsp3) is 0.600. The maximum Gasteiger partial charge on any atom is 0.126 e. The molecule has 2 heteroatoms. The van der Waals surface area contributed by atoms with Crippen molar-refractivity contribution in [3.63, 3.8) is 0 Å². The first-order valence-electron chi connectivity index (χ1n) is 6.64. The third-order valence-electron chi connectivity index (χ3n) is 4.01. The number of hydrogen-bond acceptors (Lipinski definition) is 1. The lowest BCUT2D eigenvalue weighted by Crippen LogP contribution is -2.38.